The molecule has 1 aliphatic heterocycles. The van der Waals surface area contributed by atoms with Crippen LogP contribution in [0.1, 0.15) is 28.5 Å². The van der Waals surface area contributed by atoms with Gasteiger partial charge in [-0.05, 0) is 55.3 Å². The zero-order chi connectivity index (χ0) is 27.6. The van der Waals surface area contributed by atoms with Gasteiger partial charge in [-0.15, -0.1) is 0 Å². The van der Waals surface area contributed by atoms with Gasteiger partial charge in [0.05, 0.1) is 27.9 Å². The number of para-hydroxylation sites is 2. The lowest BCUT2D eigenvalue weighted by Gasteiger charge is -2.44. The fourth-order valence-electron chi connectivity index (χ4n) is 5.38. The Morgan fingerprint density at radius 2 is 1.62 bits per heavy atom. The first-order valence-corrected chi connectivity index (χ1v) is 12.9. The van der Waals surface area contributed by atoms with Gasteiger partial charge in [0.1, 0.15) is 28.5 Å². The van der Waals surface area contributed by atoms with E-state index in [1.54, 1.807) is 26.2 Å². The Bertz CT molecular complexity index is 1530. The maximum atomic E-state index is 14.0. The Morgan fingerprint density at radius 1 is 0.897 bits per heavy atom. The number of nitrogens with one attached hydrogen (secondary N) is 1. The molecule has 8 heteroatoms. The highest BCUT2D eigenvalue weighted by Crippen LogP contribution is 2.33. The summed E-state index contributed by atoms with van der Waals surface area (Å²) in [5, 5.41) is 4.04. The minimum atomic E-state index is -1.14. The van der Waals surface area contributed by atoms with Crippen molar-refractivity contribution >= 4 is 22.7 Å². The molecular formula is C31H33N3O5. The van der Waals surface area contributed by atoms with Gasteiger partial charge in [0.2, 0.25) is 5.91 Å². The molecule has 2 amide bonds. The summed E-state index contributed by atoms with van der Waals surface area (Å²) in [7, 11) is 4.84. The highest BCUT2D eigenvalue weighted by Gasteiger charge is 2.47. The molecule has 0 unspecified atom stereocenters. The molecule has 0 radical (unpaired) electrons. The van der Waals surface area contributed by atoms with E-state index in [1.807, 2.05) is 84.3 Å². The van der Waals surface area contributed by atoms with Crippen molar-refractivity contribution in [2.24, 2.45) is 0 Å². The minimum Gasteiger partial charge on any atom is -0.497 e. The Balaban J connectivity index is 1.49. The smallest absolute Gasteiger partial charge is 0.271 e. The molecule has 4 aromatic rings. The van der Waals surface area contributed by atoms with Gasteiger partial charge in [-0.3, -0.25) is 9.59 Å². The van der Waals surface area contributed by atoms with E-state index in [1.165, 1.54) is 0 Å². The van der Waals surface area contributed by atoms with Crippen LogP contribution in [0.5, 0.6) is 17.2 Å². The molecule has 0 aliphatic carbocycles. The second kappa shape index (κ2) is 10.7. The topological polar surface area (TPSA) is 82.0 Å². The van der Waals surface area contributed by atoms with Gasteiger partial charge in [-0.2, -0.15) is 0 Å². The summed E-state index contributed by atoms with van der Waals surface area (Å²) in [5.74, 6) is 1.69. The lowest BCUT2D eigenvalue weighted by molar-refractivity contribution is -0.133. The average Bonchev–Trinajstić information content (AvgIpc) is 3.34. The summed E-state index contributed by atoms with van der Waals surface area (Å²) in [6.45, 7) is 2.77. The second-order valence-electron chi connectivity index (χ2n) is 9.83. The van der Waals surface area contributed by atoms with Crippen LogP contribution < -0.4 is 19.5 Å². The first kappa shape index (κ1) is 26.2. The maximum absolute atomic E-state index is 14.0. The van der Waals surface area contributed by atoms with Crippen LogP contribution in [0.4, 0.5) is 0 Å². The Morgan fingerprint density at radius 3 is 2.38 bits per heavy atom. The van der Waals surface area contributed by atoms with Gasteiger partial charge in [-0.25, -0.2) is 0 Å². The van der Waals surface area contributed by atoms with Gasteiger partial charge < -0.3 is 29.0 Å². The van der Waals surface area contributed by atoms with Crippen LogP contribution >= 0.6 is 0 Å². The first-order chi connectivity index (χ1) is 18.9. The number of fused-ring (bicyclic) bond motifs is 3. The van der Waals surface area contributed by atoms with Crippen LogP contribution in [0.3, 0.4) is 0 Å². The molecule has 39 heavy (non-hydrogen) atoms. The van der Waals surface area contributed by atoms with E-state index in [0.717, 1.165) is 22.0 Å². The second-order valence-corrected chi connectivity index (χ2v) is 9.83. The molecule has 1 aliphatic rings. The Hall–Kier alpha value is -4.46. The number of methoxy groups -OCH3 is 3. The molecule has 1 atom stereocenters. The number of nitrogens with zero attached hydrogens (tertiary/aromatic N) is 2. The van der Waals surface area contributed by atoms with Gasteiger partial charge in [0.25, 0.3) is 5.91 Å². The number of amides is 2. The van der Waals surface area contributed by atoms with Crippen molar-refractivity contribution in [1.29, 1.82) is 0 Å². The summed E-state index contributed by atoms with van der Waals surface area (Å²) in [5.41, 5.74) is 2.12. The Kier molecular flexibility index (Phi) is 7.19. The number of carbonyl (C=O) groups is 2. The van der Waals surface area contributed by atoms with Gasteiger partial charge in [-0.1, -0.05) is 36.4 Å². The number of benzene rings is 3. The van der Waals surface area contributed by atoms with E-state index >= 15 is 0 Å². The van der Waals surface area contributed by atoms with Crippen molar-refractivity contribution < 1.29 is 23.8 Å². The zero-order valence-electron chi connectivity index (χ0n) is 22.7. The molecule has 8 nitrogen and oxygen atoms in total. The molecule has 1 N–H and O–H groups in total. The van der Waals surface area contributed by atoms with Crippen LogP contribution in [0.15, 0.2) is 72.8 Å². The predicted molar refractivity (Wildman–Crippen MR) is 149 cm³/mol. The number of ether oxygens (including phenoxy) is 3. The highest BCUT2D eigenvalue weighted by molar-refractivity contribution is 6.03. The number of aromatic nitrogens is 1. The molecular weight excluding hydrogens is 494 g/mol. The van der Waals surface area contributed by atoms with Gasteiger partial charge in [0.15, 0.2) is 0 Å². The van der Waals surface area contributed by atoms with Crippen LogP contribution in [0, 0.1) is 0 Å². The fraction of sp³-hybridized carbons (Fsp3) is 0.290. The van der Waals surface area contributed by atoms with Crippen molar-refractivity contribution in [2.75, 3.05) is 27.9 Å². The molecule has 0 bridgehead atoms. The van der Waals surface area contributed by atoms with Crippen molar-refractivity contribution in [2.45, 2.75) is 32.0 Å². The molecule has 5 rings (SSSR count). The van der Waals surface area contributed by atoms with Crippen LogP contribution in [-0.2, 0) is 24.3 Å². The lowest BCUT2D eigenvalue weighted by atomic mass is 9.93. The molecule has 2 heterocycles. The van der Waals surface area contributed by atoms with E-state index < -0.39 is 5.54 Å². The van der Waals surface area contributed by atoms with Gasteiger partial charge >= 0.3 is 0 Å². The largest absolute Gasteiger partial charge is 0.497 e. The summed E-state index contributed by atoms with van der Waals surface area (Å²) in [6.07, 6.45) is 0.488. The minimum absolute atomic E-state index is 0.186. The van der Waals surface area contributed by atoms with Crippen molar-refractivity contribution in [3.8, 4) is 17.2 Å². The quantitative estimate of drug-likeness (QED) is 0.348. The third-order valence-corrected chi connectivity index (χ3v) is 7.55. The summed E-state index contributed by atoms with van der Waals surface area (Å²) in [4.78, 5) is 29.7. The Labute approximate surface area is 228 Å². The van der Waals surface area contributed by atoms with E-state index in [4.69, 9.17) is 14.2 Å². The number of hydrogen-bond acceptors (Lipinski definition) is 5. The van der Waals surface area contributed by atoms with Crippen molar-refractivity contribution in [3.63, 3.8) is 0 Å². The highest BCUT2D eigenvalue weighted by atomic mass is 16.5. The molecule has 3 aromatic carbocycles. The summed E-state index contributed by atoms with van der Waals surface area (Å²) >= 11 is 0. The van der Waals surface area contributed by atoms with Crippen molar-refractivity contribution in [1.82, 2.24) is 14.8 Å². The van der Waals surface area contributed by atoms with Crippen LogP contribution in [0.25, 0.3) is 10.9 Å². The fourth-order valence-corrected chi connectivity index (χ4v) is 5.38. The molecule has 0 saturated heterocycles. The molecule has 1 aromatic heterocycles. The first-order valence-electron chi connectivity index (χ1n) is 12.9. The normalized spacial score (nSPS) is 16.6. The average molecular weight is 528 g/mol. The third kappa shape index (κ3) is 4.78. The van der Waals surface area contributed by atoms with Crippen molar-refractivity contribution in [3.05, 3.63) is 89.6 Å². The maximum Gasteiger partial charge on any atom is 0.271 e. The van der Waals surface area contributed by atoms with E-state index in [9.17, 15) is 9.59 Å². The number of hydrogen-bond donors (Lipinski definition) is 1. The SMILES string of the molecule is COc1ccc(OC)c(CCN2C(=O)c3cc4ccccc4n3C[C@]2(C)C(=O)NCc2ccccc2OC)c1. The number of rotatable bonds is 9. The number of carbonyl (C=O) groups excluding carboxylic acids is 2. The summed E-state index contributed by atoms with van der Waals surface area (Å²) in [6, 6.07) is 22.9. The molecule has 202 valence electrons. The van der Waals surface area contributed by atoms with E-state index in [2.05, 4.69) is 5.32 Å². The summed E-state index contributed by atoms with van der Waals surface area (Å²) < 4.78 is 18.4. The third-order valence-electron chi connectivity index (χ3n) is 7.55. The lowest BCUT2D eigenvalue weighted by Crippen LogP contribution is -2.64. The monoisotopic (exact) mass is 527 g/mol. The van der Waals surface area contributed by atoms with Gasteiger partial charge in [0, 0.05) is 29.6 Å². The van der Waals surface area contributed by atoms with E-state index in [-0.39, 0.29) is 18.4 Å². The van der Waals surface area contributed by atoms with E-state index in [0.29, 0.717) is 42.5 Å². The molecule has 0 spiro atoms. The molecule has 0 fully saturated rings. The van der Waals surface area contributed by atoms with Crippen LogP contribution in [0.2, 0.25) is 0 Å². The molecule has 0 saturated carbocycles. The standard InChI is InChI=1S/C31H33N3O5/c1-31(30(36)32-19-23-10-6-8-12-27(23)38-3)20-33-25-11-7-5-9-21(25)18-26(33)29(35)34(31)16-15-22-17-24(37-2)13-14-28(22)39-4/h5-14,17-18H,15-16,19-20H2,1-4H3,(H,32,36)/t31-/m1/s1. The zero-order valence-corrected chi connectivity index (χ0v) is 22.7. The predicted octanol–water partition coefficient (Wildman–Crippen LogP) is 4.44. The van der Waals surface area contributed by atoms with Crippen LogP contribution in [-0.4, -0.2) is 54.7 Å².